The van der Waals surface area contributed by atoms with Gasteiger partial charge in [0, 0.05) is 97.4 Å². The molecule has 0 aromatic heterocycles. The van der Waals surface area contributed by atoms with Gasteiger partial charge in [0.15, 0.2) is 0 Å². The van der Waals surface area contributed by atoms with Crippen molar-refractivity contribution in [3.05, 3.63) is 35.4 Å². The van der Waals surface area contributed by atoms with Gasteiger partial charge in [-0.15, -0.1) is 0 Å². The van der Waals surface area contributed by atoms with Crippen LogP contribution in [0.2, 0.25) is 0 Å². The highest BCUT2D eigenvalue weighted by atomic mass is 16.4. The quantitative estimate of drug-likeness (QED) is 0.0674. The minimum absolute atomic E-state index is 0.00648. The van der Waals surface area contributed by atoms with Gasteiger partial charge in [0.25, 0.3) is 0 Å². The molecule has 332 valence electrons. The lowest BCUT2D eigenvalue weighted by atomic mass is 10.1. The van der Waals surface area contributed by atoms with Gasteiger partial charge in [-0.25, -0.2) is 4.79 Å². The number of carbonyl (C=O) groups is 7. The summed E-state index contributed by atoms with van der Waals surface area (Å²) in [5, 5.41) is 45.5. The maximum Gasteiger partial charge on any atom is 0.317 e. The predicted octanol–water partition coefficient (Wildman–Crippen LogP) is 0.808. The first-order valence-corrected chi connectivity index (χ1v) is 20.5. The first kappa shape index (κ1) is 50.3. The number of nitrogens with one attached hydrogen (secondary N) is 3. The van der Waals surface area contributed by atoms with Gasteiger partial charge >= 0.3 is 29.9 Å². The van der Waals surface area contributed by atoms with Crippen molar-refractivity contribution in [2.75, 3.05) is 98.2 Å². The fraction of sp³-hybridized carbons (Fsp3) is 0.675. The highest BCUT2D eigenvalue weighted by molar-refractivity contribution is 5.78. The van der Waals surface area contributed by atoms with Crippen LogP contribution in [-0.2, 0) is 35.3 Å². The zero-order chi connectivity index (χ0) is 43.6. The number of unbranched alkanes of at least 4 members (excludes halogenated alkanes) is 3. The van der Waals surface area contributed by atoms with Gasteiger partial charge in [0.05, 0.1) is 26.2 Å². The molecular formula is C40H66N8O11. The van der Waals surface area contributed by atoms with Gasteiger partial charge in [-0.1, -0.05) is 29.8 Å². The fourth-order valence-corrected chi connectivity index (χ4v) is 6.53. The Bertz CT molecular complexity index is 1450. The second kappa shape index (κ2) is 28.6. The Morgan fingerprint density at radius 3 is 1.58 bits per heavy atom. The molecule has 1 fully saturated rings. The molecule has 7 N–H and O–H groups in total. The molecule has 1 heterocycles. The van der Waals surface area contributed by atoms with Crippen molar-refractivity contribution in [1.29, 1.82) is 0 Å². The molecule has 19 heteroatoms. The van der Waals surface area contributed by atoms with E-state index in [0.717, 1.165) is 30.4 Å². The second-order valence-corrected chi connectivity index (χ2v) is 15.2. The van der Waals surface area contributed by atoms with E-state index in [1.807, 2.05) is 41.0 Å². The first-order valence-electron chi connectivity index (χ1n) is 20.5. The number of carboxylic acid groups (broad SMARTS) is 4. The number of aliphatic carboxylic acids is 4. The van der Waals surface area contributed by atoms with Crippen LogP contribution >= 0.6 is 0 Å². The van der Waals surface area contributed by atoms with Crippen molar-refractivity contribution in [3.8, 4) is 0 Å². The Morgan fingerprint density at radius 1 is 0.610 bits per heavy atom. The largest absolute Gasteiger partial charge is 0.481 e. The Morgan fingerprint density at radius 2 is 1.08 bits per heavy atom. The van der Waals surface area contributed by atoms with E-state index in [-0.39, 0.29) is 82.7 Å². The number of urea groups is 1. The molecule has 0 unspecified atom stereocenters. The van der Waals surface area contributed by atoms with Gasteiger partial charge in [-0.3, -0.25) is 48.4 Å². The van der Waals surface area contributed by atoms with Crippen LogP contribution in [0.15, 0.2) is 24.3 Å². The maximum absolute atomic E-state index is 13.4. The Balaban J connectivity index is 1.87. The van der Waals surface area contributed by atoms with Crippen LogP contribution in [-0.4, -0.2) is 191 Å². The Labute approximate surface area is 347 Å². The minimum Gasteiger partial charge on any atom is -0.481 e. The summed E-state index contributed by atoms with van der Waals surface area (Å²) in [6.45, 7) is 7.30. The number of aryl methyl sites for hydroxylation is 1. The lowest BCUT2D eigenvalue weighted by molar-refractivity contribution is -0.140. The van der Waals surface area contributed by atoms with E-state index in [1.165, 1.54) is 0 Å². The normalized spacial score (nSPS) is 15.6. The molecule has 1 aliphatic heterocycles. The molecule has 1 saturated heterocycles. The predicted molar refractivity (Wildman–Crippen MR) is 219 cm³/mol. The van der Waals surface area contributed by atoms with Gasteiger partial charge in [-0.2, -0.15) is 0 Å². The molecule has 59 heavy (non-hydrogen) atoms. The summed E-state index contributed by atoms with van der Waals surface area (Å²) in [7, 11) is 0. The van der Waals surface area contributed by atoms with E-state index in [1.54, 1.807) is 21.6 Å². The standard InChI is InChI=1S/C40H66N8O11/c1-31-9-12-33(13-10-31)26-48(17-7-3-5-16-42-40(59)43-32(2)11-14-36(51)52)35(50)8-4-6-15-41-34(49)27-44-18-20-45(28-37(53)54)22-24-47(30-39(57)58)25-23-46(21-19-44)29-38(55)56/h9-10,12-13,32H,3-8,11,14-30H2,1-2H3,(H,41,49)(H,51,52)(H,53,54)(H,55,56)(H,57,58)(H2,42,43,59)/t32-/m1/s1. The van der Waals surface area contributed by atoms with Crippen LogP contribution in [0.25, 0.3) is 0 Å². The van der Waals surface area contributed by atoms with Crippen molar-refractivity contribution in [3.63, 3.8) is 0 Å². The number of amides is 4. The minimum atomic E-state index is -1.03. The van der Waals surface area contributed by atoms with Crippen LogP contribution in [0, 0.1) is 6.92 Å². The zero-order valence-electron chi connectivity index (χ0n) is 34.7. The highest BCUT2D eigenvalue weighted by Crippen LogP contribution is 2.12. The molecule has 0 bridgehead atoms. The molecule has 1 aliphatic rings. The molecule has 0 spiro atoms. The molecule has 1 aromatic rings. The number of nitrogens with zero attached hydrogens (tertiary/aromatic N) is 5. The summed E-state index contributed by atoms with van der Waals surface area (Å²) < 4.78 is 0. The highest BCUT2D eigenvalue weighted by Gasteiger charge is 2.21. The number of hydrogen-bond donors (Lipinski definition) is 7. The van der Waals surface area contributed by atoms with E-state index in [4.69, 9.17) is 5.11 Å². The molecule has 1 aromatic carbocycles. The van der Waals surface area contributed by atoms with Crippen LogP contribution in [0.1, 0.15) is 69.4 Å². The van der Waals surface area contributed by atoms with E-state index in [9.17, 15) is 48.9 Å². The number of benzene rings is 1. The molecule has 0 saturated carbocycles. The monoisotopic (exact) mass is 834 g/mol. The third kappa shape index (κ3) is 24.6. The number of carboxylic acids is 4. The molecule has 1 atom stereocenters. The van der Waals surface area contributed by atoms with Crippen molar-refractivity contribution in [2.24, 2.45) is 0 Å². The number of rotatable bonds is 25. The van der Waals surface area contributed by atoms with Gasteiger partial charge in [0.2, 0.25) is 11.8 Å². The van der Waals surface area contributed by atoms with Gasteiger partial charge in [-0.05, 0) is 57.9 Å². The van der Waals surface area contributed by atoms with Crippen molar-refractivity contribution in [1.82, 2.24) is 40.4 Å². The van der Waals surface area contributed by atoms with E-state index < -0.39 is 23.9 Å². The molecule has 19 nitrogen and oxygen atoms in total. The smallest absolute Gasteiger partial charge is 0.317 e. The van der Waals surface area contributed by atoms with Crippen molar-refractivity contribution < 1.29 is 54.0 Å². The lowest BCUT2D eigenvalue weighted by Gasteiger charge is -2.32. The Kier molecular flexibility index (Phi) is 24.3. The molecule has 0 aliphatic carbocycles. The lowest BCUT2D eigenvalue weighted by Crippen LogP contribution is -2.49. The van der Waals surface area contributed by atoms with E-state index in [2.05, 4.69) is 16.0 Å². The van der Waals surface area contributed by atoms with Gasteiger partial charge in [0.1, 0.15) is 0 Å². The molecule has 4 amide bonds. The average Bonchev–Trinajstić information content (AvgIpc) is 3.15. The molecule has 0 radical (unpaired) electrons. The molecule has 2 rings (SSSR count). The third-order valence-electron chi connectivity index (χ3n) is 9.92. The topological polar surface area (TPSA) is 253 Å². The first-order chi connectivity index (χ1) is 28.1. The number of hydrogen-bond acceptors (Lipinski definition) is 11. The summed E-state index contributed by atoms with van der Waals surface area (Å²) in [5.74, 6) is -4.22. The zero-order valence-corrected chi connectivity index (χ0v) is 34.7. The van der Waals surface area contributed by atoms with Crippen LogP contribution in [0.4, 0.5) is 4.79 Å². The Hall–Kier alpha value is -4.85. The second-order valence-electron chi connectivity index (χ2n) is 15.2. The van der Waals surface area contributed by atoms with Crippen LogP contribution in [0.3, 0.4) is 0 Å². The summed E-state index contributed by atoms with van der Waals surface area (Å²) in [6, 6.07) is 7.43. The van der Waals surface area contributed by atoms with Gasteiger partial charge < -0.3 is 41.3 Å². The number of carbonyl (C=O) groups excluding carboxylic acids is 3. The summed E-state index contributed by atoms with van der Waals surface area (Å²) in [5.41, 5.74) is 2.14. The van der Waals surface area contributed by atoms with Crippen molar-refractivity contribution in [2.45, 2.75) is 77.8 Å². The van der Waals surface area contributed by atoms with Crippen molar-refractivity contribution >= 4 is 41.7 Å². The maximum atomic E-state index is 13.4. The fourth-order valence-electron chi connectivity index (χ4n) is 6.53. The third-order valence-corrected chi connectivity index (χ3v) is 9.92. The molecular weight excluding hydrogens is 768 g/mol. The van der Waals surface area contributed by atoms with Crippen LogP contribution < -0.4 is 16.0 Å². The van der Waals surface area contributed by atoms with E-state index >= 15 is 0 Å². The summed E-state index contributed by atoms with van der Waals surface area (Å²) in [6.07, 6.45) is 4.01. The average molecular weight is 835 g/mol. The SMILES string of the molecule is Cc1ccc(CN(CCCCCNC(=O)N[C@H](C)CCC(=O)O)C(=O)CCCCNC(=O)CN2CCN(CC(=O)O)CCN(CC(=O)O)CCN(CC(=O)O)CC2)cc1. The summed E-state index contributed by atoms with van der Waals surface area (Å²) in [4.78, 5) is 92.6. The summed E-state index contributed by atoms with van der Waals surface area (Å²) >= 11 is 0. The van der Waals surface area contributed by atoms with Crippen LogP contribution in [0.5, 0.6) is 0 Å². The van der Waals surface area contributed by atoms with E-state index in [0.29, 0.717) is 78.0 Å².